The molecule has 3 aromatic carbocycles. The van der Waals surface area contributed by atoms with E-state index in [1.165, 1.54) is 17.9 Å². The normalized spacial score (nSPS) is 18.8. The van der Waals surface area contributed by atoms with Crippen LogP contribution < -0.4 is 30.7 Å². The number of nitrogens with zero attached hydrogens (tertiary/aromatic N) is 3. The third kappa shape index (κ3) is 8.33. The number of aromatic nitrogens is 3. The average Bonchev–Trinajstić information content (AvgIpc) is 3.77. The first-order chi connectivity index (χ1) is 25.1. The van der Waals surface area contributed by atoms with Crippen LogP contribution in [0.2, 0.25) is 5.02 Å². The molecule has 2 aliphatic rings. The van der Waals surface area contributed by atoms with Gasteiger partial charge in [0.2, 0.25) is 17.7 Å². The summed E-state index contributed by atoms with van der Waals surface area (Å²) in [7, 11) is 1.44. The minimum absolute atomic E-state index is 0.00479. The molecule has 5 N–H and O–H groups in total. The number of carbonyl (C=O) groups is 4. The van der Waals surface area contributed by atoms with Crippen molar-refractivity contribution >= 4 is 46.2 Å². The summed E-state index contributed by atoms with van der Waals surface area (Å²) in [6, 6.07) is 17.2. The summed E-state index contributed by atoms with van der Waals surface area (Å²) in [4.78, 5) is 58.3. The predicted octanol–water partition coefficient (Wildman–Crippen LogP) is 2.56. The maximum Gasteiger partial charge on any atom is 0.287 e. The smallest absolute Gasteiger partial charge is 0.287 e. The van der Waals surface area contributed by atoms with Crippen molar-refractivity contribution in [2.75, 3.05) is 26.9 Å². The average molecular weight is 730 g/mol. The first kappa shape index (κ1) is 35.9. The molecule has 2 bridgehead atoms. The lowest BCUT2D eigenvalue weighted by Crippen LogP contribution is -2.55. The molecule has 0 spiro atoms. The summed E-state index contributed by atoms with van der Waals surface area (Å²) >= 11 is 6.19. The quantitative estimate of drug-likeness (QED) is 0.179. The van der Waals surface area contributed by atoms with Crippen LogP contribution in [0.15, 0.2) is 77.2 Å². The van der Waals surface area contributed by atoms with E-state index in [0.29, 0.717) is 44.4 Å². The van der Waals surface area contributed by atoms with Crippen LogP contribution in [0.5, 0.6) is 11.5 Å². The number of fused-ring (bicyclic) bond motifs is 15. The number of furan rings is 1. The van der Waals surface area contributed by atoms with Crippen molar-refractivity contribution in [2.24, 2.45) is 0 Å². The molecule has 15 nitrogen and oxygen atoms in total. The number of carbonyl (C=O) groups excluding carboxylic acids is 4. The Balaban J connectivity index is 1.28. The van der Waals surface area contributed by atoms with E-state index in [9.17, 15) is 24.3 Å². The number of halogens is 1. The molecule has 16 heteroatoms. The fraction of sp³-hybridized carbons (Fsp3) is 0.278. The number of ether oxygens (including phenoxy) is 2. The molecule has 270 valence electrons. The Labute approximate surface area is 302 Å². The monoisotopic (exact) mass is 729 g/mol. The van der Waals surface area contributed by atoms with Gasteiger partial charge < -0.3 is 40.3 Å². The van der Waals surface area contributed by atoms with Crippen LogP contribution in [0.1, 0.15) is 34.9 Å². The molecule has 0 aliphatic carbocycles. The van der Waals surface area contributed by atoms with Gasteiger partial charge in [-0.3, -0.25) is 19.2 Å². The van der Waals surface area contributed by atoms with E-state index in [4.69, 9.17) is 25.5 Å². The van der Waals surface area contributed by atoms with Gasteiger partial charge >= 0.3 is 0 Å². The van der Waals surface area contributed by atoms with E-state index in [0.717, 1.165) is 0 Å². The summed E-state index contributed by atoms with van der Waals surface area (Å²) in [5.74, 6) is -1.18. The SMILES string of the molecule is COc1cc(Cl)cc2cc(C(=O)N[C@H]3Cc4ccc(cc4)OCCNC(=O)Cn4nc(-c5ccccc5)nc4[C@H](C)NC(=O)[C@H](CO)NC3=O)oc12. The Morgan fingerprint density at radius 3 is 2.56 bits per heavy atom. The number of hydrogen-bond donors (Lipinski definition) is 5. The van der Waals surface area contributed by atoms with Crippen LogP contribution in [-0.2, 0) is 27.3 Å². The second-order valence-corrected chi connectivity index (χ2v) is 12.4. The minimum atomic E-state index is -1.42. The standard InChI is InChI=1S/C36H36ClN7O8/c1-20-33-42-32(22-6-4-3-5-7-22)43-44(33)18-30(46)38-12-13-51-25-10-8-21(9-11-25)14-26(34(47)41-27(19-45)35(48)39-20)40-36(49)29-16-23-15-24(37)17-28(50-2)31(23)52-29/h3-11,15-17,20,26-27,45H,12-14,18-19H2,1-2H3,(H,38,46)(H,39,48)(H,40,49)(H,41,47)/t20-,26-,27-/m0/s1. The van der Waals surface area contributed by atoms with Crippen LogP contribution >= 0.6 is 11.6 Å². The van der Waals surface area contributed by atoms with Gasteiger partial charge in [0.1, 0.15) is 36.8 Å². The zero-order chi connectivity index (χ0) is 36.8. The third-order valence-electron chi connectivity index (χ3n) is 8.26. The Kier molecular flexibility index (Phi) is 11.0. The number of benzene rings is 3. The van der Waals surface area contributed by atoms with Crippen molar-refractivity contribution in [3.63, 3.8) is 0 Å². The molecule has 4 amide bonds. The third-order valence-corrected chi connectivity index (χ3v) is 8.47. The van der Waals surface area contributed by atoms with Crippen LogP contribution in [0.25, 0.3) is 22.4 Å². The molecule has 4 heterocycles. The number of hydrogen-bond acceptors (Lipinski definition) is 10. The minimum Gasteiger partial charge on any atom is -0.493 e. The van der Waals surface area contributed by atoms with Gasteiger partial charge in [-0.05, 0) is 36.8 Å². The summed E-state index contributed by atoms with van der Waals surface area (Å²) < 4.78 is 18.3. The number of aliphatic hydroxyl groups is 1. The molecule has 3 atom stereocenters. The number of nitrogens with one attached hydrogen (secondary N) is 4. The largest absolute Gasteiger partial charge is 0.493 e. The number of methoxy groups -OCH3 is 1. The number of rotatable bonds is 5. The summed E-state index contributed by atoms with van der Waals surface area (Å²) in [5.41, 5.74) is 1.65. The van der Waals surface area contributed by atoms with Crippen molar-refractivity contribution in [3.05, 3.63) is 95.0 Å². The van der Waals surface area contributed by atoms with E-state index in [-0.39, 0.29) is 43.6 Å². The molecule has 2 aliphatic heterocycles. The van der Waals surface area contributed by atoms with Gasteiger partial charge in [-0.15, -0.1) is 0 Å². The van der Waals surface area contributed by atoms with Gasteiger partial charge in [-0.1, -0.05) is 54.1 Å². The Morgan fingerprint density at radius 1 is 1.06 bits per heavy atom. The van der Waals surface area contributed by atoms with Gasteiger partial charge in [0, 0.05) is 28.5 Å². The molecule has 0 unspecified atom stereocenters. The van der Waals surface area contributed by atoms with E-state index in [1.807, 2.05) is 30.3 Å². The second-order valence-electron chi connectivity index (χ2n) is 12.0. The van der Waals surface area contributed by atoms with Gasteiger partial charge in [0.25, 0.3) is 5.91 Å². The lowest BCUT2D eigenvalue weighted by Gasteiger charge is -2.23. The second kappa shape index (κ2) is 16.0. The van der Waals surface area contributed by atoms with E-state index >= 15 is 0 Å². The highest BCUT2D eigenvalue weighted by molar-refractivity contribution is 6.31. The molecule has 52 heavy (non-hydrogen) atoms. The lowest BCUT2D eigenvalue weighted by molar-refractivity contribution is -0.131. The first-order valence-corrected chi connectivity index (χ1v) is 16.8. The highest BCUT2D eigenvalue weighted by Gasteiger charge is 2.30. The highest BCUT2D eigenvalue weighted by Crippen LogP contribution is 2.32. The van der Waals surface area contributed by atoms with Gasteiger partial charge in [0.15, 0.2) is 22.9 Å². The fourth-order valence-corrected chi connectivity index (χ4v) is 5.86. The van der Waals surface area contributed by atoms with Crippen LogP contribution in [0.3, 0.4) is 0 Å². The lowest BCUT2D eigenvalue weighted by atomic mass is 10.0. The molecular formula is C36H36ClN7O8. The maximum absolute atomic E-state index is 13.8. The van der Waals surface area contributed by atoms with E-state index in [2.05, 4.69) is 31.3 Å². The molecule has 0 radical (unpaired) electrons. The Bertz CT molecular complexity index is 2080. The number of amides is 4. The summed E-state index contributed by atoms with van der Waals surface area (Å²) in [5, 5.41) is 26.5. The van der Waals surface area contributed by atoms with Crippen molar-refractivity contribution in [3.8, 4) is 22.9 Å². The van der Waals surface area contributed by atoms with Gasteiger partial charge in [0.05, 0.1) is 26.3 Å². The van der Waals surface area contributed by atoms with Crippen molar-refractivity contribution in [2.45, 2.75) is 38.0 Å². The summed E-state index contributed by atoms with van der Waals surface area (Å²) in [6.45, 7) is 1.06. The van der Waals surface area contributed by atoms with Crippen molar-refractivity contribution in [1.29, 1.82) is 0 Å². The molecule has 2 aromatic heterocycles. The zero-order valence-corrected chi connectivity index (χ0v) is 29.0. The maximum atomic E-state index is 13.8. The Hall–Kier alpha value is -5.93. The van der Waals surface area contributed by atoms with Crippen LogP contribution in [0, 0.1) is 0 Å². The molecule has 5 aromatic rings. The van der Waals surface area contributed by atoms with Gasteiger partial charge in [-0.2, -0.15) is 5.10 Å². The summed E-state index contributed by atoms with van der Waals surface area (Å²) in [6.07, 6.45) is 0.00479. The molecule has 0 saturated carbocycles. The molecule has 7 rings (SSSR count). The number of aliphatic hydroxyl groups excluding tert-OH is 1. The van der Waals surface area contributed by atoms with E-state index in [1.54, 1.807) is 43.3 Å². The predicted molar refractivity (Wildman–Crippen MR) is 189 cm³/mol. The Morgan fingerprint density at radius 2 is 1.83 bits per heavy atom. The zero-order valence-electron chi connectivity index (χ0n) is 28.2. The fourth-order valence-electron chi connectivity index (χ4n) is 5.64. The van der Waals surface area contributed by atoms with Crippen molar-refractivity contribution in [1.82, 2.24) is 36.0 Å². The van der Waals surface area contributed by atoms with Crippen LogP contribution in [0.4, 0.5) is 0 Å². The van der Waals surface area contributed by atoms with Gasteiger partial charge in [-0.25, -0.2) is 9.67 Å². The highest BCUT2D eigenvalue weighted by atomic mass is 35.5. The molecule has 0 saturated heterocycles. The molecular weight excluding hydrogens is 694 g/mol. The van der Waals surface area contributed by atoms with Crippen LogP contribution in [-0.4, -0.2) is 82.5 Å². The molecule has 0 fully saturated rings. The van der Waals surface area contributed by atoms with E-state index < -0.39 is 42.5 Å². The first-order valence-electron chi connectivity index (χ1n) is 16.4. The van der Waals surface area contributed by atoms with Crippen molar-refractivity contribution < 1.29 is 38.2 Å². The topological polar surface area (TPSA) is 199 Å².